The van der Waals surface area contributed by atoms with E-state index in [0.29, 0.717) is 17.9 Å². The van der Waals surface area contributed by atoms with Gasteiger partial charge in [0.15, 0.2) is 0 Å². The van der Waals surface area contributed by atoms with E-state index in [-0.39, 0.29) is 5.91 Å². The molecule has 0 aromatic carbocycles. The number of nitrogens with zero attached hydrogens (tertiary/aromatic N) is 1. The van der Waals surface area contributed by atoms with Gasteiger partial charge in [-0.2, -0.15) is 11.3 Å². The summed E-state index contributed by atoms with van der Waals surface area (Å²) in [6, 6.07) is 5.34. The maximum Gasteiger partial charge on any atom is 0.269 e. The molecule has 0 spiro atoms. The van der Waals surface area contributed by atoms with E-state index in [4.69, 9.17) is 5.73 Å². The maximum absolute atomic E-state index is 11.7. The van der Waals surface area contributed by atoms with Gasteiger partial charge in [-0.25, -0.2) is 4.98 Å². The summed E-state index contributed by atoms with van der Waals surface area (Å²) in [5.74, 6) is -0.166. The number of rotatable bonds is 4. The van der Waals surface area contributed by atoms with Crippen molar-refractivity contribution in [3.63, 3.8) is 0 Å². The summed E-state index contributed by atoms with van der Waals surface area (Å²) in [5.41, 5.74) is 7.68. The first kappa shape index (κ1) is 11.6. The fraction of sp³-hybridized carbons (Fsp3) is 0.167. The monoisotopic (exact) mass is 247 g/mol. The molecule has 4 nitrogen and oxygen atoms in total. The van der Waals surface area contributed by atoms with Crippen LogP contribution >= 0.6 is 11.3 Å². The van der Waals surface area contributed by atoms with Crippen molar-refractivity contribution in [3.8, 4) is 0 Å². The van der Waals surface area contributed by atoms with Crippen molar-refractivity contribution in [3.05, 3.63) is 46.4 Å². The fourth-order valence-corrected chi connectivity index (χ4v) is 2.09. The van der Waals surface area contributed by atoms with Gasteiger partial charge in [0.2, 0.25) is 0 Å². The molecule has 88 valence electrons. The Kier molecular flexibility index (Phi) is 3.72. The molecule has 2 aromatic rings. The van der Waals surface area contributed by atoms with Crippen LogP contribution in [0.3, 0.4) is 0 Å². The number of anilines is 1. The van der Waals surface area contributed by atoms with Crippen LogP contribution in [0.25, 0.3) is 0 Å². The Balaban J connectivity index is 1.83. The SMILES string of the molecule is Nc1ccc(C(=O)NCCc2ccsc2)nc1. The fourth-order valence-electron chi connectivity index (χ4n) is 1.39. The van der Waals surface area contributed by atoms with Crippen molar-refractivity contribution in [1.29, 1.82) is 0 Å². The molecule has 0 unspecified atom stereocenters. The predicted octanol–water partition coefficient (Wildman–Crippen LogP) is 1.70. The Labute approximate surface area is 103 Å². The van der Waals surface area contributed by atoms with E-state index in [2.05, 4.69) is 21.7 Å². The number of amides is 1. The highest BCUT2D eigenvalue weighted by Crippen LogP contribution is 2.06. The summed E-state index contributed by atoms with van der Waals surface area (Å²) in [5, 5.41) is 6.92. The second-order valence-electron chi connectivity index (χ2n) is 3.61. The number of thiophene rings is 1. The summed E-state index contributed by atoms with van der Waals surface area (Å²) in [7, 11) is 0. The number of nitrogens with one attached hydrogen (secondary N) is 1. The zero-order chi connectivity index (χ0) is 12.1. The second-order valence-corrected chi connectivity index (χ2v) is 4.39. The van der Waals surface area contributed by atoms with Crippen LogP contribution in [0, 0.1) is 0 Å². The van der Waals surface area contributed by atoms with Crippen LogP contribution in [0.5, 0.6) is 0 Å². The first-order valence-electron chi connectivity index (χ1n) is 5.26. The molecule has 0 bridgehead atoms. The first-order valence-corrected chi connectivity index (χ1v) is 6.21. The summed E-state index contributed by atoms with van der Waals surface area (Å²) < 4.78 is 0. The van der Waals surface area contributed by atoms with Gasteiger partial charge in [0.25, 0.3) is 5.91 Å². The van der Waals surface area contributed by atoms with E-state index in [0.717, 1.165) is 6.42 Å². The molecule has 0 aliphatic heterocycles. The molecule has 17 heavy (non-hydrogen) atoms. The van der Waals surface area contributed by atoms with Crippen LogP contribution in [0.4, 0.5) is 5.69 Å². The standard InChI is InChI=1S/C12H13N3OS/c13-10-1-2-11(15-7-10)12(16)14-5-3-9-4-6-17-8-9/h1-2,4,6-8H,3,5,13H2,(H,14,16). The zero-order valence-electron chi connectivity index (χ0n) is 9.22. The van der Waals surface area contributed by atoms with Gasteiger partial charge in [-0.1, -0.05) is 0 Å². The summed E-state index contributed by atoms with van der Waals surface area (Å²) >= 11 is 1.66. The lowest BCUT2D eigenvalue weighted by molar-refractivity contribution is 0.0949. The van der Waals surface area contributed by atoms with E-state index in [1.54, 1.807) is 23.5 Å². The highest BCUT2D eigenvalue weighted by atomic mass is 32.1. The minimum Gasteiger partial charge on any atom is -0.397 e. The molecule has 2 aromatic heterocycles. The van der Waals surface area contributed by atoms with E-state index in [1.807, 2.05) is 5.38 Å². The highest BCUT2D eigenvalue weighted by Gasteiger charge is 2.05. The van der Waals surface area contributed by atoms with Crippen LogP contribution < -0.4 is 11.1 Å². The number of carbonyl (C=O) groups is 1. The van der Waals surface area contributed by atoms with Crippen LogP contribution in [0.15, 0.2) is 35.2 Å². The van der Waals surface area contributed by atoms with Crippen molar-refractivity contribution in [1.82, 2.24) is 10.3 Å². The third kappa shape index (κ3) is 3.29. The van der Waals surface area contributed by atoms with E-state index < -0.39 is 0 Å². The number of pyridine rings is 1. The molecular weight excluding hydrogens is 234 g/mol. The molecule has 0 atom stereocenters. The molecule has 3 N–H and O–H groups in total. The molecule has 0 radical (unpaired) electrons. The number of nitrogens with two attached hydrogens (primary N) is 1. The number of hydrogen-bond acceptors (Lipinski definition) is 4. The van der Waals surface area contributed by atoms with Crippen LogP contribution in [0.1, 0.15) is 16.1 Å². The van der Waals surface area contributed by atoms with Gasteiger partial charge in [-0.3, -0.25) is 4.79 Å². The third-order valence-electron chi connectivity index (χ3n) is 2.30. The molecule has 0 saturated heterocycles. The van der Waals surface area contributed by atoms with Crippen molar-refractivity contribution >= 4 is 22.9 Å². The molecular formula is C12H13N3OS. The first-order chi connectivity index (χ1) is 8.25. The van der Waals surface area contributed by atoms with Gasteiger partial charge in [0, 0.05) is 6.54 Å². The lowest BCUT2D eigenvalue weighted by atomic mass is 10.2. The Bertz CT molecular complexity index is 479. The minimum atomic E-state index is -0.166. The van der Waals surface area contributed by atoms with Gasteiger partial charge in [-0.15, -0.1) is 0 Å². The molecule has 0 fully saturated rings. The number of aromatic nitrogens is 1. The lowest BCUT2D eigenvalue weighted by Crippen LogP contribution is -2.26. The van der Waals surface area contributed by atoms with Gasteiger partial charge in [0.1, 0.15) is 5.69 Å². The Morgan fingerprint density at radius 2 is 2.29 bits per heavy atom. The van der Waals surface area contributed by atoms with Crippen molar-refractivity contribution in [2.45, 2.75) is 6.42 Å². The largest absolute Gasteiger partial charge is 0.397 e. The number of hydrogen-bond donors (Lipinski definition) is 2. The number of nitrogen functional groups attached to an aromatic ring is 1. The van der Waals surface area contributed by atoms with E-state index in [1.165, 1.54) is 11.8 Å². The van der Waals surface area contributed by atoms with Gasteiger partial charge in [-0.05, 0) is 40.9 Å². The molecule has 2 rings (SSSR count). The van der Waals surface area contributed by atoms with Crippen LogP contribution in [0.2, 0.25) is 0 Å². The van der Waals surface area contributed by atoms with Gasteiger partial charge < -0.3 is 11.1 Å². The normalized spacial score (nSPS) is 10.1. The predicted molar refractivity (Wildman–Crippen MR) is 69.0 cm³/mol. The van der Waals surface area contributed by atoms with Crippen molar-refractivity contribution in [2.75, 3.05) is 12.3 Å². The molecule has 5 heteroatoms. The topological polar surface area (TPSA) is 68.0 Å². The van der Waals surface area contributed by atoms with Crippen molar-refractivity contribution < 1.29 is 4.79 Å². The summed E-state index contributed by atoms with van der Waals surface area (Å²) in [6.45, 7) is 0.613. The average Bonchev–Trinajstić information content (AvgIpc) is 2.83. The Morgan fingerprint density at radius 1 is 1.41 bits per heavy atom. The lowest BCUT2D eigenvalue weighted by Gasteiger charge is -2.03. The quantitative estimate of drug-likeness (QED) is 0.864. The van der Waals surface area contributed by atoms with E-state index >= 15 is 0 Å². The third-order valence-corrected chi connectivity index (χ3v) is 3.03. The molecule has 1 amide bonds. The molecule has 2 heterocycles. The number of carbonyl (C=O) groups excluding carboxylic acids is 1. The Morgan fingerprint density at radius 3 is 2.94 bits per heavy atom. The summed E-state index contributed by atoms with van der Waals surface area (Å²) in [6.07, 6.45) is 2.32. The van der Waals surface area contributed by atoms with Crippen molar-refractivity contribution in [2.24, 2.45) is 0 Å². The van der Waals surface area contributed by atoms with E-state index in [9.17, 15) is 4.79 Å². The van der Waals surface area contributed by atoms with Crippen LogP contribution in [-0.4, -0.2) is 17.4 Å². The minimum absolute atomic E-state index is 0.166. The Hall–Kier alpha value is -1.88. The molecule has 0 saturated carbocycles. The van der Waals surface area contributed by atoms with Gasteiger partial charge >= 0.3 is 0 Å². The average molecular weight is 247 g/mol. The maximum atomic E-state index is 11.7. The molecule has 0 aliphatic carbocycles. The highest BCUT2D eigenvalue weighted by molar-refractivity contribution is 7.07. The summed E-state index contributed by atoms with van der Waals surface area (Å²) in [4.78, 5) is 15.6. The smallest absolute Gasteiger partial charge is 0.269 e. The second kappa shape index (κ2) is 5.45. The van der Waals surface area contributed by atoms with Gasteiger partial charge in [0.05, 0.1) is 11.9 Å². The zero-order valence-corrected chi connectivity index (χ0v) is 10.0. The van der Waals surface area contributed by atoms with Crippen LogP contribution in [-0.2, 0) is 6.42 Å². The molecule has 0 aliphatic rings.